The van der Waals surface area contributed by atoms with Gasteiger partial charge in [0, 0.05) is 24.2 Å². The minimum Gasteiger partial charge on any atom is -0.491 e. The van der Waals surface area contributed by atoms with E-state index in [1.165, 1.54) is 0 Å². The number of rotatable bonds is 7. The predicted molar refractivity (Wildman–Crippen MR) is 75.9 cm³/mol. The Balaban J connectivity index is 1.65. The van der Waals surface area contributed by atoms with Gasteiger partial charge in [-0.15, -0.1) is 0 Å². The Hall–Kier alpha value is -1.56. The first kappa shape index (κ1) is 14.8. The summed E-state index contributed by atoms with van der Waals surface area (Å²) in [6.07, 6.45) is -0.598. The van der Waals surface area contributed by atoms with Crippen LogP contribution in [0.3, 0.4) is 0 Å². The van der Waals surface area contributed by atoms with Crippen LogP contribution < -0.4 is 10.1 Å². The van der Waals surface area contributed by atoms with Gasteiger partial charge in [0.05, 0.1) is 5.69 Å². The van der Waals surface area contributed by atoms with E-state index in [-0.39, 0.29) is 6.61 Å². The van der Waals surface area contributed by atoms with Crippen LogP contribution in [0.5, 0.6) is 5.75 Å². The zero-order chi connectivity index (χ0) is 14.4. The minimum absolute atomic E-state index is 0.215. The Morgan fingerprint density at radius 1 is 1.40 bits per heavy atom. The van der Waals surface area contributed by atoms with Crippen molar-refractivity contribution < 1.29 is 14.4 Å². The van der Waals surface area contributed by atoms with Crippen LogP contribution in [0, 0.1) is 6.92 Å². The van der Waals surface area contributed by atoms with Crippen LogP contribution in [0.4, 0.5) is 0 Å². The molecule has 6 heteroatoms. The summed E-state index contributed by atoms with van der Waals surface area (Å²) in [5.74, 6) is 1.45. The third-order valence-electron chi connectivity index (χ3n) is 2.62. The summed E-state index contributed by atoms with van der Waals surface area (Å²) in [6, 6.07) is 8.87. The second-order valence-electron chi connectivity index (χ2n) is 4.48. The van der Waals surface area contributed by atoms with Crippen molar-refractivity contribution in [2.24, 2.45) is 0 Å². The zero-order valence-electron chi connectivity index (χ0n) is 11.2. The Kier molecular flexibility index (Phi) is 5.40. The number of nitrogens with zero attached hydrogens (tertiary/aromatic N) is 1. The number of halogens is 1. The molecule has 1 heterocycles. The SMILES string of the molecule is Cc1cc(CNCC(O)COc2ccc(Cl)cc2)no1. The van der Waals surface area contributed by atoms with Crippen molar-refractivity contribution in [3.63, 3.8) is 0 Å². The van der Waals surface area contributed by atoms with Gasteiger partial charge < -0.3 is 19.7 Å². The van der Waals surface area contributed by atoms with Gasteiger partial charge in [0.15, 0.2) is 0 Å². The summed E-state index contributed by atoms with van der Waals surface area (Å²) in [6.45, 7) is 3.02. The first-order valence-electron chi connectivity index (χ1n) is 6.33. The summed E-state index contributed by atoms with van der Waals surface area (Å²) >= 11 is 5.77. The molecular weight excluding hydrogens is 280 g/mol. The molecule has 1 atom stereocenters. The van der Waals surface area contributed by atoms with Gasteiger partial charge in [0.1, 0.15) is 24.2 Å². The van der Waals surface area contributed by atoms with E-state index in [9.17, 15) is 5.11 Å². The Labute approximate surface area is 122 Å². The van der Waals surface area contributed by atoms with Crippen LogP contribution in [0.1, 0.15) is 11.5 Å². The van der Waals surface area contributed by atoms with Crippen LogP contribution in [-0.4, -0.2) is 29.5 Å². The lowest BCUT2D eigenvalue weighted by Gasteiger charge is -2.12. The maximum absolute atomic E-state index is 9.79. The molecule has 2 aromatic rings. The normalized spacial score (nSPS) is 12.3. The average molecular weight is 297 g/mol. The number of aliphatic hydroxyl groups is 1. The molecule has 5 nitrogen and oxygen atoms in total. The first-order valence-corrected chi connectivity index (χ1v) is 6.70. The van der Waals surface area contributed by atoms with Gasteiger partial charge in [-0.3, -0.25) is 0 Å². The van der Waals surface area contributed by atoms with Gasteiger partial charge in [0.2, 0.25) is 0 Å². The second-order valence-corrected chi connectivity index (χ2v) is 4.91. The van der Waals surface area contributed by atoms with Crippen molar-refractivity contribution in [1.29, 1.82) is 0 Å². The smallest absolute Gasteiger partial charge is 0.133 e. The molecule has 0 aliphatic rings. The average Bonchev–Trinajstić information content (AvgIpc) is 2.84. The highest BCUT2D eigenvalue weighted by atomic mass is 35.5. The van der Waals surface area contributed by atoms with E-state index in [1.54, 1.807) is 24.3 Å². The molecule has 0 amide bonds. The lowest BCUT2D eigenvalue weighted by atomic mass is 10.3. The molecule has 108 valence electrons. The van der Waals surface area contributed by atoms with Gasteiger partial charge in [-0.25, -0.2) is 0 Å². The molecule has 1 aromatic carbocycles. The molecule has 2 rings (SSSR count). The number of aliphatic hydroxyl groups excluding tert-OH is 1. The fourth-order valence-corrected chi connectivity index (χ4v) is 1.78. The van der Waals surface area contributed by atoms with E-state index in [0.717, 1.165) is 11.5 Å². The maximum atomic E-state index is 9.79. The van der Waals surface area contributed by atoms with E-state index < -0.39 is 6.10 Å². The maximum Gasteiger partial charge on any atom is 0.133 e. The Morgan fingerprint density at radius 2 is 2.15 bits per heavy atom. The predicted octanol–water partition coefficient (Wildman–Crippen LogP) is 2.17. The molecule has 0 aliphatic carbocycles. The summed E-state index contributed by atoms with van der Waals surface area (Å²) < 4.78 is 10.4. The molecule has 0 saturated carbocycles. The molecule has 0 saturated heterocycles. The van der Waals surface area contributed by atoms with Crippen molar-refractivity contribution >= 4 is 11.6 Å². The topological polar surface area (TPSA) is 67.5 Å². The van der Waals surface area contributed by atoms with Crippen LogP contribution >= 0.6 is 11.6 Å². The van der Waals surface area contributed by atoms with Crippen molar-refractivity contribution in [2.45, 2.75) is 19.6 Å². The fourth-order valence-electron chi connectivity index (χ4n) is 1.65. The summed E-state index contributed by atoms with van der Waals surface area (Å²) in [5.41, 5.74) is 0.813. The number of benzene rings is 1. The molecule has 0 bridgehead atoms. The van der Waals surface area contributed by atoms with Gasteiger partial charge >= 0.3 is 0 Å². The number of hydrogen-bond donors (Lipinski definition) is 2. The first-order chi connectivity index (χ1) is 9.63. The molecule has 0 fully saturated rings. The second kappa shape index (κ2) is 7.28. The lowest BCUT2D eigenvalue weighted by molar-refractivity contribution is 0.106. The van der Waals surface area contributed by atoms with Gasteiger partial charge in [0.25, 0.3) is 0 Å². The van der Waals surface area contributed by atoms with E-state index in [1.807, 2.05) is 13.0 Å². The number of nitrogens with one attached hydrogen (secondary N) is 1. The molecule has 0 spiro atoms. The number of aromatic nitrogens is 1. The number of hydrogen-bond acceptors (Lipinski definition) is 5. The third kappa shape index (κ3) is 4.85. The standard InChI is InChI=1S/C14H17ClN2O3/c1-10-6-12(17-20-10)7-16-8-13(18)9-19-14-4-2-11(15)3-5-14/h2-6,13,16,18H,7-9H2,1H3. The van der Waals surface area contributed by atoms with E-state index in [0.29, 0.717) is 23.9 Å². The van der Waals surface area contributed by atoms with Crippen LogP contribution in [0.2, 0.25) is 5.02 Å². The number of ether oxygens (including phenoxy) is 1. The summed E-state index contributed by atoms with van der Waals surface area (Å²) in [5, 5.41) is 17.4. The molecule has 0 radical (unpaired) electrons. The van der Waals surface area contributed by atoms with Crippen molar-refractivity contribution in [3.8, 4) is 5.75 Å². The lowest BCUT2D eigenvalue weighted by Crippen LogP contribution is -2.31. The van der Waals surface area contributed by atoms with Gasteiger partial charge in [-0.2, -0.15) is 0 Å². The quantitative estimate of drug-likeness (QED) is 0.819. The minimum atomic E-state index is -0.598. The van der Waals surface area contributed by atoms with E-state index in [2.05, 4.69) is 10.5 Å². The van der Waals surface area contributed by atoms with Crippen molar-refractivity contribution in [3.05, 3.63) is 46.8 Å². The van der Waals surface area contributed by atoms with Crippen LogP contribution in [-0.2, 0) is 6.54 Å². The molecule has 20 heavy (non-hydrogen) atoms. The molecule has 0 aliphatic heterocycles. The van der Waals surface area contributed by atoms with Crippen LogP contribution in [0.15, 0.2) is 34.9 Å². The van der Waals surface area contributed by atoms with E-state index in [4.69, 9.17) is 20.9 Å². The summed E-state index contributed by atoms with van der Waals surface area (Å²) in [7, 11) is 0. The van der Waals surface area contributed by atoms with Crippen molar-refractivity contribution in [2.75, 3.05) is 13.2 Å². The Bertz CT molecular complexity index is 527. The molecule has 1 unspecified atom stereocenters. The zero-order valence-corrected chi connectivity index (χ0v) is 11.9. The highest BCUT2D eigenvalue weighted by Gasteiger charge is 2.06. The summed E-state index contributed by atoms with van der Waals surface area (Å²) in [4.78, 5) is 0. The molecular formula is C14H17ClN2O3. The third-order valence-corrected chi connectivity index (χ3v) is 2.87. The Morgan fingerprint density at radius 3 is 2.80 bits per heavy atom. The monoisotopic (exact) mass is 296 g/mol. The fraction of sp³-hybridized carbons (Fsp3) is 0.357. The van der Waals surface area contributed by atoms with Gasteiger partial charge in [-0.05, 0) is 31.2 Å². The number of aryl methyl sites for hydroxylation is 1. The van der Waals surface area contributed by atoms with Crippen LogP contribution in [0.25, 0.3) is 0 Å². The molecule has 2 N–H and O–H groups in total. The van der Waals surface area contributed by atoms with Gasteiger partial charge in [-0.1, -0.05) is 16.8 Å². The highest BCUT2D eigenvalue weighted by Crippen LogP contribution is 2.15. The van der Waals surface area contributed by atoms with E-state index >= 15 is 0 Å². The largest absolute Gasteiger partial charge is 0.491 e. The highest BCUT2D eigenvalue weighted by molar-refractivity contribution is 6.30. The molecule has 1 aromatic heterocycles. The van der Waals surface area contributed by atoms with Crippen molar-refractivity contribution in [1.82, 2.24) is 10.5 Å².